The lowest BCUT2D eigenvalue weighted by Gasteiger charge is -2.23. The van der Waals surface area contributed by atoms with Crippen molar-refractivity contribution in [2.75, 3.05) is 26.8 Å². The fourth-order valence-electron chi connectivity index (χ4n) is 0.962. The average molecular weight is 220 g/mol. The van der Waals surface area contributed by atoms with Crippen LogP contribution in [0.2, 0.25) is 6.55 Å². The van der Waals surface area contributed by atoms with E-state index in [-0.39, 0.29) is 5.41 Å². The molecular formula is C8H20N2O3Si. The Kier molecular flexibility index (Phi) is 6.94. The van der Waals surface area contributed by atoms with E-state index in [1.54, 1.807) is 6.55 Å². The second-order valence-electron chi connectivity index (χ2n) is 3.10. The Bertz CT molecular complexity index is 180. The van der Waals surface area contributed by atoms with Gasteiger partial charge in [-0.3, -0.25) is 4.79 Å². The number of carbonyl (C=O) groups is 1. The van der Waals surface area contributed by atoms with Gasteiger partial charge in [-0.15, -0.1) is 0 Å². The highest BCUT2D eigenvalue weighted by molar-refractivity contribution is 6.96. The van der Waals surface area contributed by atoms with Crippen LogP contribution in [-0.4, -0.2) is 40.8 Å². The molecule has 0 bridgehead atoms. The highest BCUT2D eigenvalue weighted by Crippen LogP contribution is 2.09. The summed E-state index contributed by atoms with van der Waals surface area (Å²) < 4.78 is 10.6. The Balaban J connectivity index is 4.09. The monoisotopic (exact) mass is 220 g/mol. The van der Waals surface area contributed by atoms with Gasteiger partial charge in [0, 0.05) is 20.1 Å². The molecule has 0 aromatic carbocycles. The lowest BCUT2D eigenvalue weighted by Crippen LogP contribution is -2.48. The highest BCUT2D eigenvalue weighted by atomic mass is 28.4. The summed E-state index contributed by atoms with van der Waals surface area (Å²) in [6.45, 7) is 3.11. The van der Waals surface area contributed by atoms with Crippen molar-refractivity contribution in [1.82, 2.24) is 0 Å². The Morgan fingerprint density at radius 2 is 2.00 bits per heavy atom. The maximum absolute atomic E-state index is 11.6. The molecule has 1 atom stereocenters. The second-order valence-corrected chi connectivity index (χ2v) is 6.25. The number of rotatable bonds is 8. The maximum Gasteiger partial charge on any atom is 0.406 e. The van der Waals surface area contributed by atoms with Crippen LogP contribution < -0.4 is 11.5 Å². The van der Waals surface area contributed by atoms with Crippen molar-refractivity contribution in [3.63, 3.8) is 0 Å². The first-order chi connectivity index (χ1) is 6.60. The van der Waals surface area contributed by atoms with Gasteiger partial charge in [0.2, 0.25) is 0 Å². The summed E-state index contributed by atoms with van der Waals surface area (Å²) in [5, 5.41) is -0.000443. The lowest BCUT2D eigenvalue weighted by atomic mass is 10.5. The first kappa shape index (κ1) is 13.7. The zero-order valence-electron chi connectivity index (χ0n) is 8.91. The zero-order chi connectivity index (χ0) is 11.0. The molecule has 14 heavy (non-hydrogen) atoms. The van der Waals surface area contributed by atoms with Crippen LogP contribution in [0.15, 0.2) is 0 Å². The summed E-state index contributed by atoms with van der Waals surface area (Å²) in [7, 11) is -1.16. The minimum absolute atomic E-state index is 0.000443. The van der Waals surface area contributed by atoms with Gasteiger partial charge < -0.3 is 20.3 Å². The number of nitrogens with two attached hydrogens (primary N) is 2. The van der Waals surface area contributed by atoms with Crippen molar-refractivity contribution in [3.8, 4) is 0 Å². The molecule has 0 aliphatic rings. The number of carbonyl (C=O) groups excluding carboxylic acids is 1. The van der Waals surface area contributed by atoms with Crippen LogP contribution in [0.4, 0.5) is 0 Å². The van der Waals surface area contributed by atoms with Crippen LogP contribution in [0.3, 0.4) is 0 Å². The van der Waals surface area contributed by atoms with Crippen molar-refractivity contribution in [1.29, 1.82) is 0 Å². The molecule has 0 aliphatic carbocycles. The Hall–Kier alpha value is -0.273. The molecule has 0 saturated heterocycles. The standard InChI is InChI=1S/C8H20N2O3Si/c1-12-14(2,8(11)4-6-10)13-7-3-5-9/h3-7,9-10H2,1-2H3. The summed E-state index contributed by atoms with van der Waals surface area (Å²) in [4.78, 5) is 11.6. The molecule has 5 nitrogen and oxygen atoms in total. The van der Waals surface area contributed by atoms with Crippen LogP contribution in [0.25, 0.3) is 0 Å². The van der Waals surface area contributed by atoms with Crippen LogP contribution in [0.1, 0.15) is 12.8 Å². The van der Waals surface area contributed by atoms with Crippen LogP contribution >= 0.6 is 0 Å². The molecule has 0 saturated carbocycles. The van der Waals surface area contributed by atoms with E-state index in [1.165, 1.54) is 7.11 Å². The molecule has 0 aromatic heterocycles. The first-order valence-electron chi connectivity index (χ1n) is 4.73. The maximum atomic E-state index is 11.6. The van der Waals surface area contributed by atoms with Gasteiger partial charge in [-0.05, 0) is 26.1 Å². The van der Waals surface area contributed by atoms with Crippen molar-refractivity contribution in [3.05, 3.63) is 0 Å². The molecular weight excluding hydrogens is 200 g/mol. The van der Waals surface area contributed by atoms with Gasteiger partial charge in [-0.2, -0.15) is 0 Å². The smallest absolute Gasteiger partial charge is 0.393 e. The zero-order valence-corrected chi connectivity index (χ0v) is 9.91. The third kappa shape index (κ3) is 4.29. The summed E-state index contributed by atoms with van der Waals surface area (Å²) in [5.74, 6) is 0. The van der Waals surface area contributed by atoms with Crippen LogP contribution in [0.5, 0.6) is 0 Å². The normalized spacial score (nSPS) is 15.1. The molecule has 0 rings (SSSR count). The van der Waals surface area contributed by atoms with E-state index in [9.17, 15) is 4.79 Å². The third-order valence-corrected chi connectivity index (χ3v) is 4.79. The van der Waals surface area contributed by atoms with E-state index in [2.05, 4.69) is 0 Å². The molecule has 0 fully saturated rings. The quantitative estimate of drug-likeness (QED) is 0.426. The minimum Gasteiger partial charge on any atom is -0.393 e. The molecule has 6 heteroatoms. The van der Waals surface area contributed by atoms with Gasteiger partial charge in [0.25, 0.3) is 0 Å². The van der Waals surface area contributed by atoms with Gasteiger partial charge in [-0.1, -0.05) is 0 Å². The average Bonchev–Trinajstić information content (AvgIpc) is 2.18. The molecule has 84 valence electrons. The van der Waals surface area contributed by atoms with Crippen molar-refractivity contribution < 1.29 is 13.6 Å². The van der Waals surface area contributed by atoms with Crippen molar-refractivity contribution in [2.24, 2.45) is 11.5 Å². The molecule has 0 spiro atoms. The van der Waals surface area contributed by atoms with E-state index in [1.807, 2.05) is 0 Å². The Morgan fingerprint density at radius 3 is 2.43 bits per heavy atom. The predicted molar refractivity (Wildman–Crippen MR) is 56.9 cm³/mol. The second kappa shape index (κ2) is 7.08. The minimum atomic E-state index is -2.66. The molecule has 0 aliphatic heterocycles. The topological polar surface area (TPSA) is 87.6 Å². The third-order valence-electron chi connectivity index (χ3n) is 1.99. The van der Waals surface area contributed by atoms with Gasteiger partial charge in [-0.25, -0.2) is 0 Å². The van der Waals surface area contributed by atoms with Crippen LogP contribution in [-0.2, 0) is 13.6 Å². The van der Waals surface area contributed by atoms with E-state index in [4.69, 9.17) is 20.3 Å². The van der Waals surface area contributed by atoms with Crippen molar-refractivity contribution in [2.45, 2.75) is 19.4 Å². The van der Waals surface area contributed by atoms with Crippen molar-refractivity contribution >= 4 is 14.0 Å². The van der Waals surface area contributed by atoms with Gasteiger partial charge >= 0.3 is 8.56 Å². The molecule has 0 aromatic rings. The van der Waals surface area contributed by atoms with Gasteiger partial charge in [0.05, 0.1) is 0 Å². The van der Waals surface area contributed by atoms with Gasteiger partial charge in [0.15, 0.2) is 5.41 Å². The van der Waals surface area contributed by atoms with Gasteiger partial charge in [0.1, 0.15) is 0 Å². The largest absolute Gasteiger partial charge is 0.406 e. The predicted octanol–water partition coefficient (Wildman–Crippen LogP) is -0.473. The summed E-state index contributed by atoms with van der Waals surface area (Å²) >= 11 is 0. The SMILES string of the molecule is CO[Si](C)(OCCCN)C(=O)CCN. The molecule has 0 heterocycles. The molecule has 0 radical (unpaired) electrons. The molecule has 4 N–H and O–H groups in total. The Labute approximate surface area is 86.0 Å². The van der Waals surface area contributed by atoms with Crippen LogP contribution in [0, 0.1) is 0 Å². The number of hydrogen-bond donors (Lipinski definition) is 2. The molecule has 1 unspecified atom stereocenters. The first-order valence-corrected chi connectivity index (χ1v) is 7.05. The summed E-state index contributed by atoms with van der Waals surface area (Å²) in [6.07, 6.45) is 1.06. The van der Waals surface area contributed by atoms with E-state index in [0.29, 0.717) is 26.1 Å². The number of hydrogen-bond acceptors (Lipinski definition) is 5. The summed E-state index contributed by atoms with van der Waals surface area (Å²) in [5.41, 5.74) is 10.6. The molecule has 0 amide bonds. The summed E-state index contributed by atoms with van der Waals surface area (Å²) in [6, 6.07) is 0. The van der Waals surface area contributed by atoms with E-state index in [0.717, 1.165) is 6.42 Å². The Morgan fingerprint density at radius 1 is 1.36 bits per heavy atom. The van der Waals surface area contributed by atoms with E-state index >= 15 is 0 Å². The van der Waals surface area contributed by atoms with E-state index < -0.39 is 8.56 Å². The highest BCUT2D eigenvalue weighted by Gasteiger charge is 2.38. The lowest BCUT2D eigenvalue weighted by molar-refractivity contribution is -0.115. The fraction of sp³-hybridized carbons (Fsp3) is 0.875. The fourth-order valence-corrected chi connectivity index (χ4v) is 2.60.